The van der Waals surface area contributed by atoms with E-state index in [9.17, 15) is 19.4 Å². The Morgan fingerprint density at radius 3 is 3.04 bits per heavy atom. The topological polar surface area (TPSA) is 139 Å². The van der Waals surface area contributed by atoms with Gasteiger partial charge in [-0.05, 0) is 6.92 Å². The number of nitrogens with two attached hydrogens (primary N) is 1. The molecule has 3 heterocycles. The highest BCUT2D eigenvalue weighted by molar-refractivity contribution is 6.27. The molecule has 0 radical (unpaired) electrons. The summed E-state index contributed by atoms with van der Waals surface area (Å²) in [6.07, 6.45) is -3.58. The molecule has 0 bridgehead atoms. The Bertz CT molecular complexity index is 919. The first-order valence-electron chi connectivity index (χ1n) is 7.28. The van der Waals surface area contributed by atoms with E-state index < -0.39 is 41.6 Å². The average Bonchev–Trinajstić information content (AvgIpc) is 3.06. The summed E-state index contributed by atoms with van der Waals surface area (Å²) in [5.74, 6) is 4.45. The van der Waals surface area contributed by atoms with Gasteiger partial charge >= 0.3 is 0 Å². The summed E-state index contributed by atoms with van der Waals surface area (Å²) in [6.45, 7) is 0.423. The van der Waals surface area contributed by atoms with Crippen molar-refractivity contribution >= 4 is 28.7 Å². The van der Waals surface area contributed by atoms with Gasteiger partial charge in [0.1, 0.15) is 18.9 Å². The van der Waals surface area contributed by atoms with Crippen LogP contribution in [0.25, 0.3) is 11.2 Å². The number of imidazole rings is 1. The Morgan fingerprint density at radius 1 is 1.68 bits per heavy atom. The Morgan fingerprint density at radius 2 is 2.40 bits per heavy atom. The zero-order chi connectivity index (χ0) is 18.4. The van der Waals surface area contributed by atoms with E-state index in [1.807, 2.05) is 0 Å². The van der Waals surface area contributed by atoms with Gasteiger partial charge in [-0.1, -0.05) is 23.4 Å². The zero-order valence-electron chi connectivity index (χ0n) is 13.0. The van der Waals surface area contributed by atoms with E-state index in [0.717, 1.165) is 0 Å². The molecule has 0 aliphatic carbocycles. The van der Waals surface area contributed by atoms with Gasteiger partial charge in [0.25, 0.3) is 5.56 Å². The predicted octanol–water partition coefficient (Wildman–Crippen LogP) is -0.709. The number of aliphatic hydroxyl groups excluding tert-OH is 2. The van der Waals surface area contributed by atoms with Gasteiger partial charge in [-0.15, -0.1) is 0 Å². The molecule has 1 aliphatic rings. The van der Waals surface area contributed by atoms with Crippen LogP contribution in [0.15, 0.2) is 11.1 Å². The van der Waals surface area contributed by atoms with E-state index >= 15 is 0 Å². The van der Waals surface area contributed by atoms with E-state index in [4.69, 9.17) is 22.1 Å². The number of hydrogen-bond donors (Lipinski definition) is 4. The third-order valence-electron chi connectivity index (χ3n) is 3.91. The minimum Gasteiger partial charge on any atom is -0.391 e. The summed E-state index contributed by atoms with van der Waals surface area (Å²) >= 11 is 6.46. The van der Waals surface area contributed by atoms with Crippen molar-refractivity contribution in [2.75, 3.05) is 12.4 Å². The number of hydrogen-bond acceptors (Lipinski definition) is 7. The monoisotopic (exact) mass is 371 g/mol. The number of fused-ring (bicyclic) bond motifs is 1. The largest absolute Gasteiger partial charge is 0.391 e. The normalized spacial score (nSPS) is 30.2. The Balaban J connectivity index is 2.18. The van der Waals surface area contributed by atoms with Crippen molar-refractivity contribution < 1.29 is 19.3 Å². The molecular formula is C14H15ClFN5O4. The maximum Gasteiger partial charge on any atom is 0.280 e. The van der Waals surface area contributed by atoms with Crippen LogP contribution in [-0.2, 0) is 4.74 Å². The summed E-state index contributed by atoms with van der Waals surface area (Å²) in [6, 6.07) is 0. The summed E-state index contributed by atoms with van der Waals surface area (Å²) in [5, 5.41) is 20.3. The van der Waals surface area contributed by atoms with Crippen molar-refractivity contribution in [3.8, 4) is 11.8 Å². The molecule has 0 saturated carbocycles. The lowest BCUT2D eigenvalue weighted by atomic mass is 9.96. The lowest BCUT2D eigenvalue weighted by Crippen LogP contribution is -2.43. The van der Waals surface area contributed by atoms with Gasteiger partial charge in [-0.25, -0.2) is 9.37 Å². The first-order valence-corrected chi connectivity index (χ1v) is 7.66. The Labute approximate surface area is 145 Å². The molecule has 1 saturated heterocycles. The number of aliphatic hydroxyl groups is 2. The number of aromatic nitrogens is 4. The van der Waals surface area contributed by atoms with E-state index in [2.05, 4.69) is 26.8 Å². The SMILES string of the molecule is C[C@@H](O)[C@H]1O[C@@H](n2cnc3c(=O)[nH]c(N)nc32)C(Cl)(C#CCF)[C@H]1O. The van der Waals surface area contributed by atoms with Crippen LogP contribution < -0.4 is 11.3 Å². The second-order valence-corrected chi connectivity index (χ2v) is 6.24. The predicted molar refractivity (Wildman–Crippen MR) is 86.5 cm³/mol. The highest BCUT2D eigenvalue weighted by atomic mass is 35.5. The van der Waals surface area contributed by atoms with Crippen molar-refractivity contribution in [2.24, 2.45) is 0 Å². The molecule has 2 aromatic heterocycles. The van der Waals surface area contributed by atoms with Gasteiger partial charge in [-0.2, -0.15) is 4.98 Å². The molecule has 0 aromatic carbocycles. The summed E-state index contributed by atoms with van der Waals surface area (Å²) in [4.78, 5) is 20.4. The van der Waals surface area contributed by atoms with Gasteiger partial charge < -0.3 is 20.7 Å². The fraction of sp³-hybridized carbons (Fsp3) is 0.500. The lowest BCUT2D eigenvalue weighted by Gasteiger charge is -2.25. The Kier molecular flexibility index (Phi) is 4.42. The van der Waals surface area contributed by atoms with Crippen molar-refractivity contribution in [1.29, 1.82) is 0 Å². The third kappa shape index (κ3) is 2.75. The first kappa shape index (κ1) is 17.6. The molecule has 3 rings (SSSR count). The van der Waals surface area contributed by atoms with E-state index in [1.54, 1.807) is 0 Å². The van der Waals surface area contributed by atoms with Crippen LogP contribution >= 0.6 is 11.6 Å². The van der Waals surface area contributed by atoms with Crippen LogP contribution in [-0.4, -0.2) is 59.6 Å². The fourth-order valence-corrected chi connectivity index (χ4v) is 3.12. The molecular weight excluding hydrogens is 357 g/mol. The fourth-order valence-electron chi connectivity index (χ4n) is 2.77. The molecule has 9 nitrogen and oxygen atoms in total. The number of nitrogens with one attached hydrogen (secondary N) is 1. The van der Waals surface area contributed by atoms with Gasteiger partial charge in [0, 0.05) is 0 Å². The highest BCUT2D eigenvalue weighted by Gasteiger charge is 2.57. The average molecular weight is 372 g/mol. The van der Waals surface area contributed by atoms with Gasteiger partial charge in [0.15, 0.2) is 22.3 Å². The second-order valence-electron chi connectivity index (χ2n) is 5.62. The van der Waals surface area contributed by atoms with Crippen molar-refractivity contribution in [2.45, 2.75) is 36.3 Å². The van der Waals surface area contributed by atoms with Crippen LogP contribution in [0, 0.1) is 11.8 Å². The molecule has 11 heteroatoms. The molecule has 5 atom stereocenters. The van der Waals surface area contributed by atoms with Crippen LogP contribution in [0.2, 0.25) is 0 Å². The first-order chi connectivity index (χ1) is 11.8. The van der Waals surface area contributed by atoms with Crippen LogP contribution in [0.5, 0.6) is 0 Å². The third-order valence-corrected chi connectivity index (χ3v) is 4.42. The molecule has 134 valence electrons. The minimum atomic E-state index is -1.79. The molecule has 0 amide bonds. The molecule has 1 fully saturated rings. The van der Waals surface area contributed by atoms with E-state index in [1.165, 1.54) is 17.8 Å². The van der Waals surface area contributed by atoms with Gasteiger partial charge in [-0.3, -0.25) is 14.3 Å². The van der Waals surface area contributed by atoms with E-state index in [-0.39, 0.29) is 17.1 Å². The second kappa shape index (κ2) is 6.27. The van der Waals surface area contributed by atoms with Crippen molar-refractivity contribution in [1.82, 2.24) is 19.5 Å². The maximum absolute atomic E-state index is 12.5. The summed E-state index contributed by atoms with van der Waals surface area (Å²) < 4.78 is 19.5. The number of ether oxygens (including phenoxy) is 1. The highest BCUT2D eigenvalue weighted by Crippen LogP contribution is 2.44. The molecule has 0 spiro atoms. The number of aromatic amines is 1. The Hall–Kier alpha value is -2.19. The summed E-state index contributed by atoms with van der Waals surface area (Å²) in [7, 11) is 0. The lowest BCUT2D eigenvalue weighted by molar-refractivity contribution is -0.0752. The van der Waals surface area contributed by atoms with Gasteiger partial charge in [0.2, 0.25) is 5.95 Å². The number of nitrogens with zero attached hydrogens (tertiary/aromatic N) is 3. The molecule has 2 aromatic rings. The van der Waals surface area contributed by atoms with Crippen LogP contribution in [0.3, 0.4) is 0 Å². The number of H-pyrrole nitrogens is 1. The number of rotatable bonds is 2. The van der Waals surface area contributed by atoms with Crippen molar-refractivity contribution in [3.05, 3.63) is 16.7 Å². The standard InChI is InChI=1S/C14H15ClFN5O4/c1-6(22)8-9(23)14(15,3-2-4-16)12(25-8)21-5-18-7-10(21)19-13(17)20-11(7)24/h5-6,8-9,12,22-23H,4H2,1H3,(H3,17,19,20,24)/t6-,8-,9+,12-,14?/m1/s1. The number of nitrogen functional groups attached to an aromatic ring is 1. The van der Waals surface area contributed by atoms with Crippen LogP contribution in [0.4, 0.5) is 10.3 Å². The molecule has 25 heavy (non-hydrogen) atoms. The van der Waals surface area contributed by atoms with E-state index in [0.29, 0.717) is 0 Å². The number of anilines is 1. The quantitative estimate of drug-likeness (QED) is 0.404. The summed E-state index contributed by atoms with van der Waals surface area (Å²) in [5.41, 5.74) is 5.02. The minimum absolute atomic E-state index is 0.0229. The molecule has 1 aliphatic heterocycles. The maximum atomic E-state index is 12.5. The number of halogens is 2. The van der Waals surface area contributed by atoms with Crippen molar-refractivity contribution in [3.63, 3.8) is 0 Å². The smallest absolute Gasteiger partial charge is 0.280 e. The zero-order valence-corrected chi connectivity index (χ0v) is 13.7. The molecule has 5 N–H and O–H groups in total. The van der Waals surface area contributed by atoms with Gasteiger partial charge in [0.05, 0.1) is 12.4 Å². The van der Waals surface area contributed by atoms with Crippen LogP contribution in [0.1, 0.15) is 13.2 Å². The number of alkyl halides is 2. The molecule has 1 unspecified atom stereocenters.